The van der Waals surface area contributed by atoms with Gasteiger partial charge in [0.2, 0.25) is 11.8 Å². The van der Waals surface area contributed by atoms with Gasteiger partial charge in [0.05, 0.1) is 37.4 Å². The van der Waals surface area contributed by atoms with Crippen molar-refractivity contribution in [3.8, 4) is 0 Å². The molecule has 0 saturated carbocycles. The summed E-state index contributed by atoms with van der Waals surface area (Å²) in [5.74, 6) is -0.424. The fourth-order valence-corrected chi connectivity index (χ4v) is 3.81. The van der Waals surface area contributed by atoms with Gasteiger partial charge in [0.25, 0.3) is 0 Å². The van der Waals surface area contributed by atoms with Gasteiger partial charge in [-0.15, -0.1) is 0 Å². The van der Waals surface area contributed by atoms with Gasteiger partial charge in [0.15, 0.2) is 0 Å². The van der Waals surface area contributed by atoms with Gasteiger partial charge < -0.3 is 20.8 Å². The van der Waals surface area contributed by atoms with E-state index in [1.54, 1.807) is 0 Å². The standard InChI is InChI=1S/C28H41N3O4/c1-19(2)25(17-32)30-27(34)23(15-21-11-7-5-8-12-21)29-24(16-22-13-9-6-10-14-22)28(35)31-26(18-33)20(3)4/h5-14,19-20,23-26,29,32-33H,15-18H2,1-4H3,(H,30,34)(H,31,35)/t23-,24-,25+,26+/m0/s1. The van der Waals surface area contributed by atoms with Crippen LogP contribution < -0.4 is 16.0 Å². The molecule has 35 heavy (non-hydrogen) atoms. The van der Waals surface area contributed by atoms with E-state index in [1.807, 2.05) is 88.4 Å². The zero-order chi connectivity index (χ0) is 25.8. The molecule has 0 saturated heterocycles. The molecule has 0 aliphatic heterocycles. The van der Waals surface area contributed by atoms with Gasteiger partial charge in [-0.3, -0.25) is 14.9 Å². The summed E-state index contributed by atoms with van der Waals surface area (Å²) >= 11 is 0. The van der Waals surface area contributed by atoms with E-state index in [2.05, 4.69) is 16.0 Å². The topological polar surface area (TPSA) is 111 Å². The second-order valence-electron chi connectivity index (χ2n) is 9.73. The van der Waals surface area contributed by atoms with Crippen molar-refractivity contribution in [1.82, 2.24) is 16.0 Å². The molecule has 0 unspecified atom stereocenters. The summed E-state index contributed by atoms with van der Waals surface area (Å²) in [4.78, 5) is 26.7. The molecule has 0 fully saturated rings. The number of carbonyl (C=O) groups is 2. The lowest BCUT2D eigenvalue weighted by Crippen LogP contribution is -2.58. The fourth-order valence-electron chi connectivity index (χ4n) is 3.81. The molecule has 2 aromatic rings. The van der Waals surface area contributed by atoms with Crippen molar-refractivity contribution >= 4 is 11.8 Å². The second-order valence-corrected chi connectivity index (χ2v) is 9.73. The molecule has 5 N–H and O–H groups in total. The molecule has 7 nitrogen and oxygen atoms in total. The molecule has 2 aromatic carbocycles. The summed E-state index contributed by atoms with van der Waals surface area (Å²) in [6.07, 6.45) is 0.768. The highest BCUT2D eigenvalue weighted by Crippen LogP contribution is 2.11. The smallest absolute Gasteiger partial charge is 0.237 e. The van der Waals surface area contributed by atoms with Crippen LogP contribution in [0.4, 0.5) is 0 Å². The maximum Gasteiger partial charge on any atom is 0.237 e. The lowest BCUT2D eigenvalue weighted by Gasteiger charge is -2.29. The van der Waals surface area contributed by atoms with Gasteiger partial charge in [-0.05, 0) is 35.8 Å². The molecule has 0 spiro atoms. The number of carbonyl (C=O) groups excluding carboxylic acids is 2. The summed E-state index contributed by atoms with van der Waals surface area (Å²) in [5.41, 5.74) is 1.92. The minimum absolute atomic E-state index is 0.0566. The highest BCUT2D eigenvalue weighted by atomic mass is 16.3. The van der Waals surface area contributed by atoms with E-state index in [1.165, 1.54) is 0 Å². The van der Waals surface area contributed by atoms with Crippen LogP contribution >= 0.6 is 0 Å². The quantitative estimate of drug-likeness (QED) is 0.283. The van der Waals surface area contributed by atoms with Crippen LogP contribution in [0.15, 0.2) is 60.7 Å². The van der Waals surface area contributed by atoms with Crippen LogP contribution in [-0.4, -0.2) is 59.4 Å². The first-order chi connectivity index (χ1) is 16.7. The van der Waals surface area contributed by atoms with Crippen LogP contribution in [0.5, 0.6) is 0 Å². The summed E-state index contributed by atoms with van der Waals surface area (Å²) < 4.78 is 0. The van der Waals surface area contributed by atoms with Gasteiger partial charge in [-0.1, -0.05) is 88.4 Å². The van der Waals surface area contributed by atoms with Gasteiger partial charge in [-0.25, -0.2) is 0 Å². The highest BCUT2D eigenvalue weighted by Gasteiger charge is 2.30. The van der Waals surface area contributed by atoms with Crippen molar-refractivity contribution in [2.75, 3.05) is 13.2 Å². The first-order valence-corrected chi connectivity index (χ1v) is 12.4. The molecular formula is C28H41N3O4. The minimum Gasteiger partial charge on any atom is -0.394 e. The molecule has 2 amide bonds. The molecule has 0 aromatic heterocycles. The largest absolute Gasteiger partial charge is 0.394 e. The number of nitrogens with one attached hydrogen (secondary N) is 3. The van der Waals surface area contributed by atoms with Crippen LogP contribution in [0.1, 0.15) is 38.8 Å². The van der Waals surface area contributed by atoms with Crippen molar-refractivity contribution in [1.29, 1.82) is 0 Å². The molecule has 0 aliphatic rings. The minimum atomic E-state index is -0.698. The number of hydrogen-bond donors (Lipinski definition) is 5. The van der Waals surface area contributed by atoms with E-state index in [9.17, 15) is 19.8 Å². The van der Waals surface area contributed by atoms with Crippen molar-refractivity contribution in [3.05, 3.63) is 71.8 Å². The molecular weight excluding hydrogens is 442 g/mol. The Hall–Kier alpha value is -2.74. The van der Waals surface area contributed by atoms with Crippen LogP contribution in [-0.2, 0) is 22.4 Å². The van der Waals surface area contributed by atoms with Gasteiger partial charge in [0.1, 0.15) is 0 Å². The Morgan fingerprint density at radius 3 is 1.29 bits per heavy atom. The molecule has 7 heteroatoms. The van der Waals surface area contributed by atoms with Crippen LogP contribution in [0.2, 0.25) is 0 Å². The maximum absolute atomic E-state index is 13.4. The number of rotatable bonds is 14. The van der Waals surface area contributed by atoms with Crippen molar-refractivity contribution in [2.45, 2.75) is 64.7 Å². The van der Waals surface area contributed by atoms with Crippen LogP contribution in [0.25, 0.3) is 0 Å². The van der Waals surface area contributed by atoms with Gasteiger partial charge in [0, 0.05) is 0 Å². The number of aliphatic hydroxyl groups excluding tert-OH is 2. The molecule has 0 heterocycles. The van der Waals surface area contributed by atoms with E-state index in [0.717, 1.165) is 11.1 Å². The van der Waals surface area contributed by atoms with E-state index in [0.29, 0.717) is 12.8 Å². The Labute approximate surface area is 209 Å². The van der Waals surface area contributed by atoms with E-state index in [4.69, 9.17) is 0 Å². The summed E-state index contributed by atoms with van der Waals surface area (Å²) in [6.45, 7) is 7.42. The lowest BCUT2D eigenvalue weighted by atomic mass is 9.98. The van der Waals surface area contributed by atoms with E-state index < -0.39 is 12.1 Å². The van der Waals surface area contributed by atoms with Crippen molar-refractivity contribution < 1.29 is 19.8 Å². The molecule has 2 rings (SSSR count). The van der Waals surface area contributed by atoms with Crippen LogP contribution in [0, 0.1) is 11.8 Å². The number of amides is 2. The molecule has 4 atom stereocenters. The molecule has 0 radical (unpaired) electrons. The average Bonchev–Trinajstić information content (AvgIpc) is 2.85. The Morgan fingerprint density at radius 2 is 1.00 bits per heavy atom. The third-order valence-electron chi connectivity index (χ3n) is 6.26. The highest BCUT2D eigenvalue weighted by molar-refractivity contribution is 5.86. The van der Waals surface area contributed by atoms with E-state index >= 15 is 0 Å². The summed E-state index contributed by atoms with van der Waals surface area (Å²) in [7, 11) is 0. The third-order valence-corrected chi connectivity index (χ3v) is 6.26. The average molecular weight is 484 g/mol. The number of aliphatic hydroxyl groups is 2. The second kappa shape index (κ2) is 14.6. The normalized spacial score (nSPS) is 14.9. The monoisotopic (exact) mass is 483 g/mol. The first kappa shape index (κ1) is 28.5. The van der Waals surface area contributed by atoms with Crippen molar-refractivity contribution in [2.24, 2.45) is 11.8 Å². The third kappa shape index (κ3) is 9.43. The zero-order valence-electron chi connectivity index (χ0n) is 21.3. The van der Waals surface area contributed by atoms with E-state index in [-0.39, 0.29) is 48.9 Å². The molecule has 0 bridgehead atoms. The summed E-state index contributed by atoms with van der Waals surface area (Å²) in [6, 6.07) is 17.1. The first-order valence-electron chi connectivity index (χ1n) is 12.4. The Kier molecular flexibility index (Phi) is 11.9. The predicted molar refractivity (Wildman–Crippen MR) is 139 cm³/mol. The van der Waals surface area contributed by atoms with Crippen molar-refractivity contribution in [3.63, 3.8) is 0 Å². The predicted octanol–water partition coefficient (Wildman–Crippen LogP) is 2.06. The SMILES string of the molecule is CC(C)[C@@H](CO)NC(=O)[C@H](Cc1ccccc1)N[C@@H](Cc1ccccc1)C(=O)N[C@H](CO)C(C)C. The summed E-state index contributed by atoms with van der Waals surface area (Å²) in [5, 5.41) is 28.7. The van der Waals surface area contributed by atoms with Gasteiger partial charge >= 0.3 is 0 Å². The fraction of sp³-hybridized carbons (Fsp3) is 0.500. The Balaban J connectivity index is 2.32. The molecule has 192 valence electrons. The number of hydrogen-bond acceptors (Lipinski definition) is 5. The number of benzene rings is 2. The van der Waals surface area contributed by atoms with Gasteiger partial charge in [-0.2, -0.15) is 0 Å². The Morgan fingerprint density at radius 1 is 0.657 bits per heavy atom. The lowest BCUT2D eigenvalue weighted by molar-refractivity contribution is -0.127. The molecule has 0 aliphatic carbocycles. The maximum atomic E-state index is 13.4. The van der Waals surface area contributed by atoms with Crippen LogP contribution in [0.3, 0.4) is 0 Å². The Bertz CT molecular complexity index is 816. The zero-order valence-corrected chi connectivity index (χ0v) is 21.3.